The maximum Gasteiger partial charge on any atom is 0.338 e. The lowest BCUT2D eigenvalue weighted by Gasteiger charge is -2.09. The van der Waals surface area contributed by atoms with Gasteiger partial charge in [-0.1, -0.05) is 36.4 Å². The molecule has 0 saturated carbocycles. The van der Waals surface area contributed by atoms with Gasteiger partial charge < -0.3 is 9.84 Å². The Kier molecular flexibility index (Phi) is 2.88. The smallest absolute Gasteiger partial charge is 0.338 e. The van der Waals surface area contributed by atoms with E-state index in [0.29, 0.717) is 11.1 Å². The molecule has 0 bridgehead atoms. The molecule has 1 N–H and O–H groups in total. The van der Waals surface area contributed by atoms with E-state index in [1.165, 1.54) is 7.11 Å². The minimum Gasteiger partial charge on any atom is -0.465 e. The molecule has 0 fully saturated rings. The molecule has 2 aromatic carbocycles. The Balaban J connectivity index is 2.78. The fourth-order valence-corrected chi connectivity index (χ4v) is 1.79. The SMILES string of the molecule is COC(=O)c1c(CO)ccc2ccccc12. The summed E-state index contributed by atoms with van der Waals surface area (Å²) in [4.78, 5) is 11.7. The number of carbonyl (C=O) groups excluding carboxylic acids is 1. The van der Waals surface area contributed by atoms with E-state index in [-0.39, 0.29) is 6.61 Å². The maximum atomic E-state index is 11.7. The van der Waals surface area contributed by atoms with Crippen LogP contribution in [0.3, 0.4) is 0 Å². The number of rotatable bonds is 2. The summed E-state index contributed by atoms with van der Waals surface area (Å²) in [5.41, 5.74) is 1.04. The Morgan fingerprint density at radius 2 is 2.00 bits per heavy atom. The predicted octanol–water partition coefficient (Wildman–Crippen LogP) is 2.12. The van der Waals surface area contributed by atoms with E-state index < -0.39 is 5.97 Å². The van der Waals surface area contributed by atoms with E-state index in [1.54, 1.807) is 6.07 Å². The van der Waals surface area contributed by atoms with E-state index in [2.05, 4.69) is 0 Å². The second-order valence-electron chi connectivity index (χ2n) is 3.47. The molecule has 82 valence electrons. The van der Waals surface area contributed by atoms with E-state index >= 15 is 0 Å². The molecule has 3 heteroatoms. The fourth-order valence-electron chi connectivity index (χ4n) is 1.79. The zero-order valence-corrected chi connectivity index (χ0v) is 8.93. The van der Waals surface area contributed by atoms with Crippen molar-refractivity contribution >= 4 is 16.7 Å². The van der Waals surface area contributed by atoms with Gasteiger partial charge in [-0.2, -0.15) is 0 Å². The summed E-state index contributed by atoms with van der Waals surface area (Å²) in [6, 6.07) is 11.2. The second kappa shape index (κ2) is 4.33. The summed E-state index contributed by atoms with van der Waals surface area (Å²) >= 11 is 0. The summed E-state index contributed by atoms with van der Waals surface area (Å²) in [5, 5.41) is 11.0. The van der Waals surface area contributed by atoms with Gasteiger partial charge in [-0.3, -0.25) is 0 Å². The van der Waals surface area contributed by atoms with Crippen molar-refractivity contribution in [2.75, 3.05) is 7.11 Å². The van der Waals surface area contributed by atoms with Crippen molar-refractivity contribution in [3.05, 3.63) is 47.5 Å². The highest BCUT2D eigenvalue weighted by Gasteiger charge is 2.14. The van der Waals surface area contributed by atoms with Crippen LogP contribution >= 0.6 is 0 Å². The molecule has 0 unspecified atom stereocenters. The van der Waals surface area contributed by atoms with Crippen LogP contribution < -0.4 is 0 Å². The first kappa shape index (κ1) is 10.6. The number of hydrogen-bond donors (Lipinski definition) is 1. The van der Waals surface area contributed by atoms with Crippen molar-refractivity contribution in [2.24, 2.45) is 0 Å². The van der Waals surface area contributed by atoms with E-state index in [1.807, 2.05) is 30.3 Å². The Bertz CT molecular complexity index is 532. The first-order valence-corrected chi connectivity index (χ1v) is 4.97. The predicted molar refractivity (Wildman–Crippen MR) is 61.2 cm³/mol. The highest BCUT2D eigenvalue weighted by atomic mass is 16.5. The number of aliphatic hydroxyl groups excluding tert-OH is 1. The largest absolute Gasteiger partial charge is 0.465 e. The molecule has 0 aliphatic rings. The molecule has 0 heterocycles. The van der Waals surface area contributed by atoms with Crippen LogP contribution in [-0.4, -0.2) is 18.2 Å². The number of fused-ring (bicyclic) bond motifs is 1. The summed E-state index contributed by atoms with van der Waals surface area (Å²) in [7, 11) is 1.34. The Labute approximate surface area is 93.3 Å². The molecule has 0 aliphatic carbocycles. The average molecular weight is 216 g/mol. The molecule has 0 amide bonds. The molecule has 16 heavy (non-hydrogen) atoms. The quantitative estimate of drug-likeness (QED) is 0.782. The van der Waals surface area contributed by atoms with Gasteiger partial charge in [-0.25, -0.2) is 4.79 Å². The number of benzene rings is 2. The summed E-state index contributed by atoms with van der Waals surface area (Å²) < 4.78 is 4.74. The standard InChI is InChI=1S/C13H12O3/c1-16-13(15)12-10(8-14)7-6-9-4-2-3-5-11(9)12/h2-7,14H,8H2,1H3. The zero-order chi connectivity index (χ0) is 11.5. The molecular formula is C13H12O3. The summed E-state index contributed by atoms with van der Waals surface area (Å²) in [6.45, 7) is -0.171. The number of carbonyl (C=O) groups is 1. The molecule has 3 nitrogen and oxygen atoms in total. The first-order chi connectivity index (χ1) is 7.77. The van der Waals surface area contributed by atoms with Crippen LogP contribution in [0.4, 0.5) is 0 Å². The number of hydrogen-bond acceptors (Lipinski definition) is 3. The average Bonchev–Trinajstić information content (AvgIpc) is 2.36. The van der Waals surface area contributed by atoms with E-state index in [4.69, 9.17) is 4.74 Å². The van der Waals surface area contributed by atoms with Crippen LogP contribution in [-0.2, 0) is 11.3 Å². The Hall–Kier alpha value is -1.87. The van der Waals surface area contributed by atoms with Crippen molar-refractivity contribution in [3.8, 4) is 0 Å². The van der Waals surface area contributed by atoms with Gasteiger partial charge in [0.15, 0.2) is 0 Å². The number of esters is 1. The van der Waals surface area contributed by atoms with Crippen molar-refractivity contribution in [1.82, 2.24) is 0 Å². The van der Waals surface area contributed by atoms with Crippen molar-refractivity contribution in [2.45, 2.75) is 6.61 Å². The van der Waals surface area contributed by atoms with Crippen LogP contribution in [0.5, 0.6) is 0 Å². The van der Waals surface area contributed by atoms with Crippen LogP contribution in [0, 0.1) is 0 Å². The minimum atomic E-state index is -0.416. The molecule has 0 aliphatic heterocycles. The third kappa shape index (κ3) is 1.66. The first-order valence-electron chi connectivity index (χ1n) is 4.97. The van der Waals surface area contributed by atoms with Crippen molar-refractivity contribution < 1.29 is 14.6 Å². The van der Waals surface area contributed by atoms with Crippen LogP contribution in [0.1, 0.15) is 15.9 Å². The highest BCUT2D eigenvalue weighted by molar-refractivity contribution is 6.05. The Morgan fingerprint density at radius 1 is 1.25 bits per heavy atom. The molecule has 0 aromatic heterocycles. The number of methoxy groups -OCH3 is 1. The molecule has 2 rings (SSSR count). The third-order valence-electron chi connectivity index (χ3n) is 2.58. The lowest BCUT2D eigenvalue weighted by molar-refractivity contribution is 0.0599. The number of ether oxygens (including phenoxy) is 1. The van der Waals surface area contributed by atoms with Crippen LogP contribution in [0.2, 0.25) is 0 Å². The normalized spacial score (nSPS) is 10.4. The molecule has 0 spiro atoms. The number of aliphatic hydroxyl groups is 1. The van der Waals surface area contributed by atoms with Gasteiger partial charge in [-0.15, -0.1) is 0 Å². The summed E-state index contributed by atoms with van der Waals surface area (Å²) in [5.74, 6) is -0.416. The van der Waals surface area contributed by atoms with Gasteiger partial charge in [0.2, 0.25) is 0 Å². The Morgan fingerprint density at radius 3 is 2.69 bits per heavy atom. The molecule has 2 aromatic rings. The van der Waals surface area contributed by atoms with Crippen LogP contribution in [0.25, 0.3) is 10.8 Å². The lowest BCUT2D eigenvalue weighted by atomic mass is 9.99. The van der Waals surface area contributed by atoms with Crippen molar-refractivity contribution in [1.29, 1.82) is 0 Å². The summed E-state index contributed by atoms with van der Waals surface area (Å²) in [6.07, 6.45) is 0. The van der Waals surface area contributed by atoms with Gasteiger partial charge >= 0.3 is 5.97 Å². The van der Waals surface area contributed by atoms with Crippen molar-refractivity contribution in [3.63, 3.8) is 0 Å². The minimum absolute atomic E-state index is 0.171. The molecule has 0 radical (unpaired) electrons. The zero-order valence-electron chi connectivity index (χ0n) is 8.93. The molecule has 0 saturated heterocycles. The van der Waals surface area contributed by atoms with Gasteiger partial charge in [0.1, 0.15) is 0 Å². The van der Waals surface area contributed by atoms with E-state index in [0.717, 1.165) is 10.8 Å². The second-order valence-corrected chi connectivity index (χ2v) is 3.47. The van der Waals surface area contributed by atoms with Gasteiger partial charge in [0.05, 0.1) is 19.3 Å². The topological polar surface area (TPSA) is 46.5 Å². The van der Waals surface area contributed by atoms with Gasteiger partial charge in [0, 0.05) is 0 Å². The maximum absolute atomic E-state index is 11.7. The molecular weight excluding hydrogens is 204 g/mol. The highest BCUT2D eigenvalue weighted by Crippen LogP contribution is 2.23. The van der Waals surface area contributed by atoms with E-state index in [9.17, 15) is 9.90 Å². The lowest BCUT2D eigenvalue weighted by Crippen LogP contribution is -2.06. The fraction of sp³-hybridized carbons (Fsp3) is 0.154. The third-order valence-corrected chi connectivity index (χ3v) is 2.58. The van der Waals surface area contributed by atoms with Crippen LogP contribution in [0.15, 0.2) is 36.4 Å². The van der Waals surface area contributed by atoms with Gasteiger partial charge in [0.25, 0.3) is 0 Å². The molecule has 0 atom stereocenters. The van der Waals surface area contributed by atoms with Gasteiger partial charge in [-0.05, 0) is 16.3 Å². The monoisotopic (exact) mass is 216 g/mol.